The molecule has 132 valence electrons. The number of halogens is 1. The normalized spacial score (nSPS) is 12.0. The minimum absolute atomic E-state index is 0. The van der Waals surface area contributed by atoms with Crippen molar-refractivity contribution in [3.63, 3.8) is 0 Å². The first-order valence-corrected chi connectivity index (χ1v) is 8.12. The molecule has 2 aromatic carbocycles. The minimum Gasteiger partial charge on any atom is -0.384 e. The fourth-order valence-corrected chi connectivity index (χ4v) is 2.61. The van der Waals surface area contributed by atoms with Crippen LogP contribution in [0.3, 0.4) is 0 Å². The van der Waals surface area contributed by atoms with Gasteiger partial charge in [0.05, 0.1) is 0 Å². The highest BCUT2D eigenvalue weighted by Crippen LogP contribution is 2.24. The van der Waals surface area contributed by atoms with Gasteiger partial charge in [0.1, 0.15) is 0 Å². The van der Waals surface area contributed by atoms with Gasteiger partial charge in [-0.05, 0) is 48.4 Å². The van der Waals surface area contributed by atoms with Crippen LogP contribution < -0.4 is 16.0 Å². The lowest BCUT2D eigenvalue weighted by Crippen LogP contribution is -2.18. The number of nitrogens with one attached hydrogen (secondary N) is 3. The third kappa shape index (κ3) is 4.51. The number of amides is 2. The van der Waals surface area contributed by atoms with Gasteiger partial charge < -0.3 is 16.0 Å². The van der Waals surface area contributed by atoms with Crippen LogP contribution >= 0.6 is 12.4 Å². The molecule has 0 bridgehead atoms. The van der Waals surface area contributed by atoms with Crippen molar-refractivity contribution < 1.29 is 9.59 Å². The van der Waals surface area contributed by atoms with Crippen LogP contribution in [0, 0.1) is 5.92 Å². The van der Waals surface area contributed by atoms with E-state index < -0.39 is 0 Å². The maximum Gasteiger partial charge on any atom is 0.255 e. The third-order valence-electron chi connectivity index (χ3n) is 3.99. The first kappa shape index (κ1) is 18.8. The molecule has 1 heterocycles. The largest absolute Gasteiger partial charge is 0.384 e. The molecule has 0 saturated heterocycles. The number of hydrogen-bond acceptors (Lipinski definition) is 3. The van der Waals surface area contributed by atoms with E-state index in [1.807, 2.05) is 32.0 Å². The highest BCUT2D eigenvalue weighted by atomic mass is 35.5. The van der Waals surface area contributed by atoms with Crippen LogP contribution in [0.2, 0.25) is 0 Å². The second-order valence-electron chi connectivity index (χ2n) is 6.23. The van der Waals surface area contributed by atoms with Gasteiger partial charge in [-0.1, -0.05) is 19.9 Å². The number of fused-ring (bicyclic) bond motifs is 1. The van der Waals surface area contributed by atoms with Gasteiger partial charge >= 0.3 is 0 Å². The quantitative estimate of drug-likeness (QED) is 0.774. The summed E-state index contributed by atoms with van der Waals surface area (Å²) in [5.74, 6) is -0.301. The molecule has 0 aromatic heterocycles. The zero-order valence-electron chi connectivity index (χ0n) is 14.3. The lowest BCUT2D eigenvalue weighted by Gasteiger charge is -2.11. The Bertz CT molecular complexity index is 790. The lowest BCUT2D eigenvalue weighted by atomic mass is 10.1. The second kappa shape index (κ2) is 8.03. The van der Waals surface area contributed by atoms with Gasteiger partial charge in [0.25, 0.3) is 5.91 Å². The molecular weight excluding hydrogens is 338 g/mol. The second-order valence-corrected chi connectivity index (χ2v) is 6.23. The van der Waals surface area contributed by atoms with Gasteiger partial charge in [0.15, 0.2) is 0 Å². The summed E-state index contributed by atoms with van der Waals surface area (Å²) in [6, 6.07) is 12.8. The van der Waals surface area contributed by atoms with Crippen molar-refractivity contribution in [3.05, 3.63) is 53.6 Å². The molecule has 5 nitrogen and oxygen atoms in total. The maximum atomic E-state index is 12.4. The summed E-state index contributed by atoms with van der Waals surface area (Å²) in [5, 5.41) is 8.99. The fraction of sp³-hybridized carbons (Fsp3) is 0.263. The fourth-order valence-electron chi connectivity index (χ4n) is 2.61. The molecular formula is C19H22ClN3O2. The molecule has 0 unspecified atom stereocenters. The molecule has 25 heavy (non-hydrogen) atoms. The molecule has 0 fully saturated rings. The number of hydrogen-bond donors (Lipinski definition) is 3. The minimum atomic E-state index is -0.156. The Kier molecular flexibility index (Phi) is 6.04. The number of benzene rings is 2. The monoisotopic (exact) mass is 359 g/mol. The zero-order chi connectivity index (χ0) is 17.1. The SMILES string of the molecule is CC(C)C(=O)Nc1cccc(NC(=O)c2ccc3c(c2)CCN3)c1.Cl. The van der Waals surface area contributed by atoms with Crippen LogP contribution in [0.4, 0.5) is 17.1 Å². The van der Waals surface area contributed by atoms with Crippen LogP contribution in [0.1, 0.15) is 29.8 Å². The molecule has 3 rings (SSSR count). The topological polar surface area (TPSA) is 70.2 Å². The van der Waals surface area contributed by atoms with Crippen molar-refractivity contribution in [3.8, 4) is 0 Å². The van der Waals surface area contributed by atoms with Crippen molar-refractivity contribution >= 4 is 41.3 Å². The standard InChI is InChI=1S/C19H21N3O2.ClH/c1-12(2)18(23)21-15-4-3-5-16(11-15)22-19(24)14-6-7-17-13(10-14)8-9-20-17;/h3-7,10-12,20H,8-9H2,1-2H3,(H,21,23)(H,22,24);1H. The summed E-state index contributed by atoms with van der Waals surface area (Å²) >= 11 is 0. The number of carbonyl (C=O) groups excluding carboxylic acids is 2. The van der Waals surface area contributed by atoms with Gasteiger partial charge in [-0.3, -0.25) is 9.59 Å². The summed E-state index contributed by atoms with van der Waals surface area (Å²) in [6.07, 6.45) is 0.938. The molecule has 3 N–H and O–H groups in total. The summed E-state index contributed by atoms with van der Waals surface area (Å²) in [4.78, 5) is 24.2. The van der Waals surface area contributed by atoms with Gasteiger partial charge in [-0.2, -0.15) is 0 Å². The van der Waals surface area contributed by atoms with E-state index in [2.05, 4.69) is 16.0 Å². The predicted octanol–water partition coefficient (Wildman–Crippen LogP) is 3.92. The smallest absolute Gasteiger partial charge is 0.255 e. The van der Waals surface area contributed by atoms with Crippen molar-refractivity contribution in [2.24, 2.45) is 5.92 Å². The van der Waals surface area contributed by atoms with Gasteiger partial charge in [0, 0.05) is 35.1 Å². The van der Waals surface area contributed by atoms with Crippen LogP contribution in [-0.4, -0.2) is 18.4 Å². The molecule has 1 aliphatic rings. The molecule has 2 aromatic rings. The summed E-state index contributed by atoms with van der Waals surface area (Å²) < 4.78 is 0. The number of carbonyl (C=O) groups is 2. The van der Waals surface area contributed by atoms with Crippen LogP contribution in [0.5, 0.6) is 0 Å². The van der Waals surface area contributed by atoms with E-state index in [0.717, 1.165) is 18.7 Å². The summed E-state index contributed by atoms with van der Waals surface area (Å²) in [6.45, 7) is 4.59. The average molecular weight is 360 g/mol. The number of rotatable bonds is 4. The zero-order valence-corrected chi connectivity index (χ0v) is 15.1. The van der Waals surface area contributed by atoms with Crippen molar-refractivity contribution in [2.75, 3.05) is 22.5 Å². The molecule has 0 spiro atoms. The van der Waals surface area contributed by atoms with E-state index in [1.165, 1.54) is 5.56 Å². The highest BCUT2D eigenvalue weighted by molar-refractivity contribution is 6.05. The third-order valence-corrected chi connectivity index (χ3v) is 3.99. The Labute approximate surface area is 153 Å². The Morgan fingerprint density at radius 2 is 1.76 bits per heavy atom. The van der Waals surface area contributed by atoms with Crippen molar-refractivity contribution in [1.82, 2.24) is 0 Å². The van der Waals surface area contributed by atoms with Crippen molar-refractivity contribution in [2.45, 2.75) is 20.3 Å². The van der Waals surface area contributed by atoms with Crippen LogP contribution in [-0.2, 0) is 11.2 Å². The number of anilines is 3. The first-order valence-electron chi connectivity index (χ1n) is 8.12. The molecule has 2 amide bonds. The Morgan fingerprint density at radius 1 is 1.04 bits per heavy atom. The summed E-state index contributed by atoms with van der Waals surface area (Å²) in [7, 11) is 0. The van der Waals surface area contributed by atoms with E-state index in [1.54, 1.807) is 24.3 Å². The van der Waals surface area contributed by atoms with E-state index in [9.17, 15) is 9.59 Å². The van der Waals surface area contributed by atoms with E-state index in [4.69, 9.17) is 0 Å². The molecule has 1 aliphatic heterocycles. The average Bonchev–Trinajstić information content (AvgIpc) is 3.02. The highest BCUT2D eigenvalue weighted by Gasteiger charge is 2.14. The molecule has 0 aliphatic carbocycles. The first-order chi connectivity index (χ1) is 11.5. The van der Waals surface area contributed by atoms with Gasteiger partial charge in [0.2, 0.25) is 5.91 Å². The van der Waals surface area contributed by atoms with Crippen LogP contribution in [0.15, 0.2) is 42.5 Å². The van der Waals surface area contributed by atoms with E-state index in [-0.39, 0.29) is 30.1 Å². The Balaban J connectivity index is 0.00000225. The molecule has 0 saturated carbocycles. The van der Waals surface area contributed by atoms with E-state index in [0.29, 0.717) is 16.9 Å². The van der Waals surface area contributed by atoms with Crippen LogP contribution in [0.25, 0.3) is 0 Å². The molecule has 0 atom stereocenters. The van der Waals surface area contributed by atoms with E-state index >= 15 is 0 Å². The van der Waals surface area contributed by atoms with Gasteiger partial charge in [-0.15, -0.1) is 12.4 Å². The van der Waals surface area contributed by atoms with Crippen molar-refractivity contribution in [1.29, 1.82) is 0 Å². The maximum absolute atomic E-state index is 12.4. The lowest BCUT2D eigenvalue weighted by molar-refractivity contribution is -0.118. The summed E-state index contributed by atoms with van der Waals surface area (Å²) in [5.41, 5.74) is 4.23. The predicted molar refractivity (Wildman–Crippen MR) is 104 cm³/mol. The van der Waals surface area contributed by atoms with Gasteiger partial charge in [-0.25, -0.2) is 0 Å². The Morgan fingerprint density at radius 3 is 2.48 bits per heavy atom. The molecule has 0 radical (unpaired) electrons. The molecule has 6 heteroatoms. The Hall–Kier alpha value is -2.53.